The van der Waals surface area contributed by atoms with Crippen molar-refractivity contribution in [1.29, 1.82) is 0 Å². The van der Waals surface area contributed by atoms with Crippen LogP contribution in [0.1, 0.15) is 12.8 Å². The van der Waals surface area contributed by atoms with Crippen molar-refractivity contribution in [2.24, 2.45) is 4.99 Å². The lowest BCUT2D eigenvalue weighted by Crippen LogP contribution is -2.55. The number of carbonyl (C=O) groups is 2. The molecule has 8 nitrogen and oxygen atoms in total. The largest absolute Gasteiger partial charge is 0.477 e. The maximum absolute atomic E-state index is 13.0. The van der Waals surface area contributed by atoms with E-state index in [1.807, 2.05) is 50.3 Å². The van der Waals surface area contributed by atoms with Crippen molar-refractivity contribution in [3.05, 3.63) is 24.3 Å². The van der Waals surface area contributed by atoms with Crippen molar-refractivity contribution in [1.82, 2.24) is 15.1 Å². The lowest BCUT2D eigenvalue weighted by atomic mass is 9.88. The SMILES string of the molecule is CN(C)C1=NC2(CCN(C(=O)[C@H]3CN(C)c4ccccc4O3)CC2)C(=O)N1. The molecule has 0 aromatic heterocycles. The average Bonchev–Trinajstić information content (AvgIpc) is 2.98. The van der Waals surface area contributed by atoms with Crippen LogP contribution in [0.3, 0.4) is 0 Å². The Morgan fingerprint density at radius 1 is 1.30 bits per heavy atom. The van der Waals surface area contributed by atoms with Crippen molar-refractivity contribution in [3.63, 3.8) is 0 Å². The van der Waals surface area contributed by atoms with Crippen LogP contribution in [-0.4, -0.2) is 80.0 Å². The number of para-hydroxylation sites is 2. The first-order valence-corrected chi connectivity index (χ1v) is 9.24. The van der Waals surface area contributed by atoms with Gasteiger partial charge in [0.15, 0.2) is 6.10 Å². The fourth-order valence-electron chi connectivity index (χ4n) is 3.89. The number of ether oxygens (including phenoxy) is 1. The summed E-state index contributed by atoms with van der Waals surface area (Å²) < 4.78 is 5.96. The molecular weight excluding hydrogens is 346 g/mol. The third-order valence-electron chi connectivity index (χ3n) is 5.55. The summed E-state index contributed by atoms with van der Waals surface area (Å²) in [5.74, 6) is 1.23. The molecule has 3 heterocycles. The first-order valence-electron chi connectivity index (χ1n) is 9.24. The number of piperidine rings is 1. The summed E-state index contributed by atoms with van der Waals surface area (Å²) in [6, 6.07) is 7.74. The molecule has 1 fully saturated rings. The molecule has 27 heavy (non-hydrogen) atoms. The Labute approximate surface area is 158 Å². The molecule has 0 unspecified atom stereocenters. The molecule has 1 spiro atoms. The Bertz CT molecular complexity index is 798. The van der Waals surface area contributed by atoms with Gasteiger partial charge in [-0.3, -0.25) is 14.9 Å². The standard InChI is InChI=1S/C19H25N5O3/c1-22(2)18-20-17(26)19(21-18)8-10-24(11-9-19)16(25)15-12-23(3)13-6-4-5-7-14(13)27-15/h4-7,15H,8-12H2,1-3H3,(H,20,21,26)/t15-/m1/s1. The normalized spacial score (nSPS) is 23.4. The van der Waals surface area contributed by atoms with Gasteiger partial charge in [-0.25, -0.2) is 4.99 Å². The van der Waals surface area contributed by atoms with Gasteiger partial charge in [-0.1, -0.05) is 12.1 Å². The van der Waals surface area contributed by atoms with Crippen molar-refractivity contribution in [3.8, 4) is 5.75 Å². The van der Waals surface area contributed by atoms with E-state index in [-0.39, 0.29) is 11.8 Å². The number of likely N-dealkylation sites (N-methyl/N-ethyl adjacent to an activating group) is 1. The number of amides is 2. The summed E-state index contributed by atoms with van der Waals surface area (Å²) in [5.41, 5.74) is 0.250. The van der Waals surface area contributed by atoms with Gasteiger partial charge in [0.25, 0.3) is 11.8 Å². The zero-order valence-corrected chi connectivity index (χ0v) is 15.9. The molecule has 1 atom stereocenters. The number of likely N-dealkylation sites (tertiary alicyclic amines) is 1. The Morgan fingerprint density at radius 2 is 2.00 bits per heavy atom. The van der Waals surface area contributed by atoms with E-state index < -0.39 is 11.6 Å². The number of carbonyl (C=O) groups excluding carboxylic acids is 2. The number of hydrogen-bond acceptors (Lipinski definition) is 6. The number of benzene rings is 1. The van der Waals surface area contributed by atoms with E-state index in [0.717, 1.165) is 11.4 Å². The molecule has 0 radical (unpaired) electrons. The van der Waals surface area contributed by atoms with Crippen molar-refractivity contribution in [2.45, 2.75) is 24.5 Å². The fraction of sp³-hybridized carbons (Fsp3) is 0.526. The fourth-order valence-corrected chi connectivity index (χ4v) is 3.89. The summed E-state index contributed by atoms with van der Waals surface area (Å²) >= 11 is 0. The third kappa shape index (κ3) is 2.98. The van der Waals surface area contributed by atoms with E-state index in [4.69, 9.17) is 4.74 Å². The molecule has 3 aliphatic heterocycles. The maximum Gasteiger partial charge on any atom is 0.265 e. The lowest BCUT2D eigenvalue weighted by molar-refractivity contribution is -0.141. The number of anilines is 1. The van der Waals surface area contributed by atoms with E-state index >= 15 is 0 Å². The number of nitrogens with one attached hydrogen (secondary N) is 1. The van der Waals surface area contributed by atoms with Gasteiger partial charge in [0.05, 0.1) is 12.2 Å². The summed E-state index contributed by atoms with van der Waals surface area (Å²) in [5, 5.41) is 2.84. The van der Waals surface area contributed by atoms with E-state index in [2.05, 4.69) is 10.3 Å². The van der Waals surface area contributed by atoms with Gasteiger partial charge in [0.2, 0.25) is 5.96 Å². The third-order valence-corrected chi connectivity index (χ3v) is 5.55. The van der Waals surface area contributed by atoms with Gasteiger partial charge in [-0.15, -0.1) is 0 Å². The van der Waals surface area contributed by atoms with Crippen LogP contribution in [0.4, 0.5) is 5.69 Å². The molecule has 0 bridgehead atoms. The Hall–Kier alpha value is -2.77. The first kappa shape index (κ1) is 17.6. The summed E-state index contributed by atoms with van der Waals surface area (Å²) in [6.07, 6.45) is 0.527. The average molecular weight is 371 g/mol. The van der Waals surface area contributed by atoms with Crippen LogP contribution in [0.15, 0.2) is 29.3 Å². The quantitative estimate of drug-likeness (QED) is 0.768. The molecule has 1 aromatic rings. The van der Waals surface area contributed by atoms with E-state index in [1.165, 1.54) is 0 Å². The van der Waals surface area contributed by atoms with Crippen molar-refractivity contribution >= 4 is 23.5 Å². The zero-order chi connectivity index (χ0) is 19.2. The predicted molar refractivity (Wildman–Crippen MR) is 102 cm³/mol. The molecule has 8 heteroatoms. The van der Waals surface area contributed by atoms with E-state index in [0.29, 0.717) is 38.4 Å². The van der Waals surface area contributed by atoms with Gasteiger partial charge < -0.3 is 19.4 Å². The lowest BCUT2D eigenvalue weighted by Gasteiger charge is -2.39. The van der Waals surface area contributed by atoms with Crippen LogP contribution in [0.2, 0.25) is 0 Å². The molecule has 0 saturated carbocycles. The van der Waals surface area contributed by atoms with E-state index in [9.17, 15) is 9.59 Å². The number of nitrogens with zero attached hydrogens (tertiary/aromatic N) is 4. The maximum atomic E-state index is 13.0. The second-order valence-electron chi connectivity index (χ2n) is 7.60. The van der Waals surface area contributed by atoms with Crippen LogP contribution in [0.25, 0.3) is 0 Å². The van der Waals surface area contributed by atoms with Crippen molar-refractivity contribution in [2.75, 3.05) is 45.7 Å². The Kier molecular flexibility index (Phi) is 4.20. The van der Waals surface area contributed by atoms with Crippen LogP contribution < -0.4 is 15.0 Å². The number of hydrogen-bond donors (Lipinski definition) is 1. The Balaban J connectivity index is 1.43. The minimum Gasteiger partial charge on any atom is -0.477 e. The molecule has 144 valence electrons. The molecule has 1 aromatic carbocycles. The van der Waals surface area contributed by atoms with Gasteiger partial charge in [-0.05, 0) is 25.0 Å². The molecule has 1 saturated heterocycles. The highest BCUT2D eigenvalue weighted by atomic mass is 16.5. The number of rotatable bonds is 1. The number of aliphatic imine (C=N–C) groups is 1. The van der Waals surface area contributed by atoms with Crippen LogP contribution >= 0.6 is 0 Å². The van der Waals surface area contributed by atoms with E-state index in [1.54, 1.807) is 9.80 Å². The Morgan fingerprint density at radius 3 is 2.67 bits per heavy atom. The first-order chi connectivity index (χ1) is 12.9. The summed E-state index contributed by atoms with van der Waals surface area (Å²) in [6.45, 7) is 1.52. The molecule has 4 rings (SSSR count). The second-order valence-corrected chi connectivity index (χ2v) is 7.60. The monoisotopic (exact) mass is 371 g/mol. The van der Waals surface area contributed by atoms with Gasteiger partial charge in [0.1, 0.15) is 11.3 Å². The highest BCUT2D eigenvalue weighted by molar-refractivity contribution is 6.07. The highest BCUT2D eigenvalue weighted by Gasteiger charge is 2.47. The number of fused-ring (bicyclic) bond motifs is 1. The van der Waals surface area contributed by atoms with Gasteiger partial charge in [-0.2, -0.15) is 0 Å². The highest BCUT2D eigenvalue weighted by Crippen LogP contribution is 2.34. The molecule has 0 aliphatic carbocycles. The molecular formula is C19H25N5O3. The topological polar surface area (TPSA) is 77.5 Å². The smallest absolute Gasteiger partial charge is 0.265 e. The second kappa shape index (κ2) is 6.44. The predicted octanol–water partition coefficient (Wildman–Crippen LogP) is 0.292. The molecule has 1 N–H and O–H groups in total. The minimum absolute atomic E-state index is 0.0265. The molecule has 2 amide bonds. The summed E-state index contributed by atoms with van der Waals surface area (Å²) in [7, 11) is 5.67. The van der Waals surface area contributed by atoms with Crippen LogP contribution in [0.5, 0.6) is 5.75 Å². The molecule has 3 aliphatic rings. The minimum atomic E-state index is -0.743. The number of guanidine groups is 1. The van der Waals surface area contributed by atoms with Crippen LogP contribution in [0, 0.1) is 0 Å². The van der Waals surface area contributed by atoms with Crippen LogP contribution in [-0.2, 0) is 9.59 Å². The van der Waals surface area contributed by atoms with Crippen molar-refractivity contribution < 1.29 is 14.3 Å². The zero-order valence-electron chi connectivity index (χ0n) is 15.9. The summed E-state index contributed by atoms with van der Waals surface area (Å²) in [4.78, 5) is 35.7. The van der Waals surface area contributed by atoms with Gasteiger partial charge >= 0.3 is 0 Å². The van der Waals surface area contributed by atoms with Gasteiger partial charge in [0, 0.05) is 34.2 Å².